The standard InChI is InChI=1S/C19H15Cl2N2O2.ClH/c20-17-4-3-16(19(21)12-17)13-22-9-7-15(8-10-22)11-14-1-5-18(6-2-14)23(24)25;/h1-10,12H,11,13H2;1H/q+1;/p-1. The van der Waals surface area contributed by atoms with Gasteiger partial charge < -0.3 is 12.4 Å². The molecule has 7 heteroatoms. The molecule has 0 unspecified atom stereocenters. The lowest BCUT2D eigenvalue weighted by atomic mass is 10.1. The van der Waals surface area contributed by atoms with Crippen molar-refractivity contribution >= 4 is 28.9 Å². The molecule has 0 fully saturated rings. The van der Waals surface area contributed by atoms with Crippen molar-refractivity contribution in [2.75, 3.05) is 0 Å². The molecule has 0 atom stereocenters. The van der Waals surface area contributed by atoms with Gasteiger partial charge in [-0.2, -0.15) is 0 Å². The van der Waals surface area contributed by atoms with E-state index in [1.54, 1.807) is 18.2 Å². The molecule has 2 aromatic carbocycles. The summed E-state index contributed by atoms with van der Waals surface area (Å²) in [4.78, 5) is 10.3. The van der Waals surface area contributed by atoms with Crippen molar-refractivity contribution in [3.8, 4) is 0 Å². The van der Waals surface area contributed by atoms with Crippen LogP contribution in [-0.4, -0.2) is 4.92 Å². The van der Waals surface area contributed by atoms with Gasteiger partial charge in [-0.05, 0) is 35.7 Å². The van der Waals surface area contributed by atoms with Crippen LogP contribution in [0.4, 0.5) is 5.69 Å². The zero-order valence-electron chi connectivity index (χ0n) is 13.6. The molecule has 1 heterocycles. The highest BCUT2D eigenvalue weighted by molar-refractivity contribution is 6.35. The Morgan fingerprint density at radius 1 is 0.923 bits per heavy atom. The monoisotopic (exact) mass is 408 g/mol. The zero-order valence-corrected chi connectivity index (χ0v) is 15.9. The molecule has 0 radical (unpaired) electrons. The highest BCUT2D eigenvalue weighted by atomic mass is 35.5. The van der Waals surface area contributed by atoms with Crippen molar-refractivity contribution < 1.29 is 21.9 Å². The molecule has 0 saturated heterocycles. The van der Waals surface area contributed by atoms with Crippen LogP contribution >= 0.6 is 23.2 Å². The first-order chi connectivity index (χ1) is 12.0. The number of nitrogens with zero attached hydrogens (tertiary/aromatic N) is 2. The fraction of sp³-hybridized carbons (Fsp3) is 0.105. The van der Waals surface area contributed by atoms with Crippen molar-refractivity contribution in [2.45, 2.75) is 13.0 Å². The lowest BCUT2D eigenvalue weighted by Crippen LogP contribution is -3.00. The first-order valence-corrected chi connectivity index (χ1v) is 8.42. The summed E-state index contributed by atoms with van der Waals surface area (Å²) in [6, 6.07) is 16.2. The lowest BCUT2D eigenvalue weighted by molar-refractivity contribution is -0.688. The number of halogens is 3. The highest BCUT2D eigenvalue weighted by Gasteiger charge is 2.09. The van der Waals surface area contributed by atoms with Crippen LogP contribution in [0.25, 0.3) is 0 Å². The molecule has 26 heavy (non-hydrogen) atoms. The second-order valence-electron chi connectivity index (χ2n) is 5.71. The van der Waals surface area contributed by atoms with E-state index in [2.05, 4.69) is 0 Å². The van der Waals surface area contributed by atoms with Crippen molar-refractivity contribution in [1.82, 2.24) is 0 Å². The van der Waals surface area contributed by atoms with E-state index in [9.17, 15) is 10.1 Å². The summed E-state index contributed by atoms with van der Waals surface area (Å²) in [6.45, 7) is 0.661. The number of benzene rings is 2. The minimum absolute atomic E-state index is 0. The maximum Gasteiger partial charge on any atom is 0.269 e. The largest absolute Gasteiger partial charge is 1.00 e. The predicted octanol–water partition coefficient (Wildman–Crippen LogP) is 1.83. The maximum absolute atomic E-state index is 10.7. The number of pyridine rings is 1. The molecule has 3 aromatic rings. The number of nitro benzene ring substituents is 1. The van der Waals surface area contributed by atoms with Gasteiger partial charge in [-0.25, -0.2) is 4.57 Å². The molecule has 3 rings (SSSR count). The summed E-state index contributed by atoms with van der Waals surface area (Å²) in [5.74, 6) is 0. The number of hydrogen-bond acceptors (Lipinski definition) is 2. The van der Waals surface area contributed by atoms with Gasteiger partial charge >= 0.3 is 0 Å². The first-order valence-electron chi connectivity index (χ1n) is 7.66. The summed E-state index contributed by atoms with van der Waals surface area (Å²) >= 11 is 12.1. The molecule has 0 N–H and O–H groups in total. The summed E-state index contributed by atoms with van der Waals surface area (Å²) < 4.78 is 2.04. The quantitative estimate of drug-likeness (QED) is 0.367. The van der Waals surface area contributed by atoms with Crippen molar-refractivity contribution in [1.29, 1.82) is 0 Å². The molecule has 0 aliphatic carbocycles. The Morgan fingerprint density at radius 3 is 2.12 bits per heavy atom. The Kier molecular flexibility index (Phi) is 6.98. The van der Waals surface area contributed by atoms with Gasteiger partial charge in [0.1, 0.15) is 0 Å². The van der Waals surface area contributed by atoms with E-state index < -0.39 is 4.92 Å². The number of non-ortho nitro benzene ring substituents is 1. The fourth-order valence-corrected chi connectivity index (χ4v) is 3.00. The minimum atomic E-state index is -0.392. The average Bonchev–Trinajstić information content (AvgIpc) is 2.59. The summed E-state index contributed by atoms with van der Waals surface area (Å²) in [5.41, 5.74) is 3.27. The molecule has 0 aliphatic rings. The second-order valence-corrected chi connectivity index (χ2v) is 6.56. The van der Waals surface area contributed by atoms with E-state index in [1.807, 2.05) is 41.2 Å². The Balaban J connectivity index is 0.00000243. The zero-order chi connectivity index (χ0) is 17.8. The van der Waals surface area contributed by atoms with E-state index >= 15 is 0 Å². The smallest absolute Gasteiger partial charge is 0.269 e. The Hall–Kier alpha value is -2.14. The van der Waals surface area contributed by atoms with Crippen LogP contribution in [-0.2, 0) is 13.0 Å². The van der Waals surface area contributed by atoms with Crippen molar-refractivity contribution in [2.24, 2.45) is 0 Å². The van der Waals surface area contributed by atoms with Crippen LogP contribution in [0, 0.1) is 10.1 Å². The molecule has 134 valence electrons. The van der Waals surface area contributed by atoms with Crippen LogP contribution in [0.2, 0.25) is 10.0 Å². The normalized spacial score (nSPS) is 10.2. The molecular formula is C19H15Cl3N2O2. The van der Waals surface area contributed by atoms with Crippen molar-refractivity contribution in [3.05, 3.63) is 104 Å². The summed E-state index contributed by atoms with van der Waals surface area (Å²) in [5, 5.41) is 12.0. The summed E-state index contributed by atoms with van der Waals surface area (Å²) in [6.07, 6.45) is 4.71. The van der Waals surface area contributed by atoms with Gasteiger partial charge in [0, 0.05) is 34.9 Å². The molecule has 0 aliphatic heterocycles. The van der Waals surface area contributed by atoms with E-state index in [0.717, 1.165) is 23.1 Å². The Labute approximate surface area is 167 Å². The van der Waals surface area contributed by atoms with Crippen LogP contribution < -0.4 is 17.0 Å². The number of nitro groups is 1. The maximum atomic E-state index is 10.7. The SMILES string of the molecule is O=[N+]([O-])c1ccc(Cc2cc[n+](Cc3ccc(Cl)cc3Cl)cc2)cc1.[Cl-]. The number of aromatic nitrogens is 1. The minimum Gasteiger partial charge on any atom is -1.00 e. The van der Waals surface area contributed by atoms with Gasteiger partial charge in [-0.1, -0.05) is 35.3 Å². The third-order valence-electron chi connectivity index (χ3n) is 3.88. The van der Waals surface area contributed by atoms with Gasteiger partial charge in [0.05, 0.1) is 9.95 Å². The number of rotatable bonds is 5. The van der Waals surface area contributed by atoms with Crippen LogP contribution in [0.15, 0.2) is 67.0 Å². The van der Waals surface area contributed by atoms with Crippen LogP contribution in [0.1, 0.15) is 16.7 Å². The van der Waals surface area contributed by atoms with Gasteiger partial charge in [0.25, 0.3) is 5.69 Å². The highest BCUT2D eigenvalue weighted by Crippen LogP contribution is 2.20. The second kappa shape index (κ2) is 8.99. The average molecular weight is 410 g/mol. The van der Waals surface area contributed by atoms with Gasteiger partial charge in [0.2, 0.25) is 0 Å². The molecule has 0 amide bonds. The molecule has 0 bridgehead atoms. The molecule has 0 saturated carbocycles. The van der Waals surface area contributed by atoms with Crippen molar-refractivity contribution in [3.63, 3.8) is 0 Å². The molecule has 1 aromatic heterocycles. The lowest BCUT2D eigenvalue weighted by Gasteiger charge is -2.04. The van der Waals surface area contributed by atoms with Gasteiger partial charge in [0.15, 0.2) is 18.9 Å². The third-order valence-corrected chi connectivity index (χ3v) is 4.47. The van der Waals surface area contributed by atoms with E-state index in [0.29, 0.717) is 16.6 Å². The third kappa shape index (κ3) is 5.18. The molecular weight excluding hydrogens is 395 g/mol. The Morgan fingerprint density at radius 2 is 1.54 bits per heavy atom. The predicted molar refractivity (Wildman–Crippen MR) is 98.1 cm³/mol. The van der Waals surface area contributed by atoms with E-state index in [1.165, 1.54) is 12.1 Å². The van der Waals surface area contributed by atoms with E-state index in [4.69, 9.17) is 23.2 Å². The molecule has 0 spiro atoms. The topological polar surface area (TPSA) is 47.0 Å². The number of hydrogen-bond donors (Lipinski definition) is 0. The van der Waals surface area contributed by atoms with Crippen LogP contribution in [0.5, 0.6) is 0 Å². The van der Waals surface area contributed by atoms with Gasteiger partial charge in [-0.3, -0.25) is 10.1 Å². The first kappa shape index (κ1) is 20.2. The Bertz CT molecular complexity index is 898. The fourth-order valence-electron chi connectivity index (χ4n) is 2.53. The van der Waals surface area contributed by atoms with Gasteiger partial charge in [-0.15, -0.1) is 0 Å². The van der Waals surface area contributed by atoms with Crippen LogP contribution in [0.3, 0.4) is 0 Å². The van der Waals surface area contributed by atoms with E-state index in [-0.39, 0.29) is 18.1 Å². The summed E-state index contributed by atoms with van der Waals surface area (Å²) in [7, 11) is 0. The molecule has 4 nitrogen and oxygen atoms in total.